The van der Waals surface area contributed by atoms with Gasteiger partial charge in [0.05, 0.1) is 0 Å². The SMILES string of the molecule is CCN(CC)S(=O)(=O)NC1CNCC1C. The zero-order chi connectivity index (χ0) is 11.5. The van der Waals surface area contributed by atoms with E-state index in [4.69, 9.17) is 0 Å². The highest BCUT2D eigenvalue weighted by Gasteiger charge is 2.29. The smallest absolute Gasteiger partial charge is 0.279 e. The van der Waals surface area contributed by atoms with Crippen LogP contribution in [0.25, 0.3) is 0 Å². The number of nitrogens with zero attached hydrogens (tertiary/aromatic N) is 1. The van der Waals surface area contributed by atoms with Crippen molar-refractivity contribution in [1.82, 2.24) is 14.3 Å². The molecule has 0 aromatic carbocycles. The van der Waals surface area contributed by atoms with Crippen molar-refractivity contribution in [1.29, 1.82) is 0 Å². The fourth-order valence-electron chi connectivity index (χ4n) is 1.80. The van der Waals surface area contributed by atoms with Crippen LogP contribution in [0.2, 0.25) is 0 Å². The van der Waals surface area contributed by atoms with Gasteiger partial charge in [-0.3, -0.25) is 0 Å². The van der Waals surface area contributed by atoms with E-state index in [1.54, 1.807) is 0 Å². The van der Waals surface area contributed by atoms with Gasteiger partial charge < -0.3 is 5.32 Å². The number of nitrogens with one attached hydrogen (secondary N) is 2. The van der Waals surface area contributed by atoms with E-state index in [9.17, 15) is 8.42 Å². The monoisotopic (exact) mass is 235 g/mol. The van der Waals surface area contributed by atoms with Crippen molar-refractivity contribution in [2.45, 2.75) is 26.8 Å². The van der Waals surface area contributed by atoms with E-state index in [1.807, 2.05) is 13.8 Å². The highest BCUT2D eigenvalue weighted by molar-refractivity contribution is 7.87. The molecule has 90 valence electrons. The Morgan fingerprint density at radius 2 is 1.93 bits per heavy atom. The van der Waals surface area contributed by atoms with E-state index in [0.717, 1.165) is 13.1 Å². The van der Waals surface area contributed by atoms with Crippen LogP contribution in [0, 0.1) is 5.92 Å². The van der Waals surface area contributed by atoms with Gasteiger partial charge in [0.2, 0.25) is 0 Å². The van der Waals surface area contributed by atoms with Crippen molar-refractivity contribution in [2.75, 3.05) is 26.2 Å². The van der Waals surface area contributed by atoms with E-state index in [2.05, 4.69) is 17.0 Å². The molecule has 1 rings (SSSR count). The molecule has 1 fully saturated rings. The lowest BCUT2D eigenvalue weighted by Crippen LogP contribution is -2.47. The fraction of sp³-hybridized carbons (Fsp3) is 1.00. The van der Waals surface area contributed by atoms with E-state index in [1.165, 1.54) is 4.31 Å². The van der Waals surface area contributed by atoms with Gasteiger partial charge in [-0.05, 0) is 12.5 Å². The minimum absolute atomic E-state index is 0.0237. The van der Waals surface area contributed by atoms with Crippen LogP contribution in [-0.2, 0) is 10.2 Å². The Labute approximate surface area is 92.4 Å². The first-order valence-corrected chi connectivity index (χ1v) is 6.93. The normalized spacial score (nSPS) is 27.5. The second-order valence-corrected chi connectivity index (χ2v) is 5.65. The first kappa shape index (κ1) is 12.9. The van der Waals surface area contributed by atoms with Crippen LogP contribution in [0.4, 0.5) is 0 Å². The second-order valence-electron chi connectivity index (χ2n) is 3.95. The van der Waals surface area contributed by atoms with Gasteiger partial charge in [0.15, 0.2) is 0 Å². The van der Waals surface area contributed by atoms with E-state index in [0.29, 0.717) is 19.0 Å². The van der Waals surface area contributed by atoms with Crippen molar-refractivity contribution < 1.29 is 8.42 Å². The van der Waals surface area contributed by atoms with Gasteiger partial charge in [-0.25, -0.2) is 0 Å². The first-order chi connectivity index (χ1) is 7.01. The van der Waals surface area contributed by atoms with E-state index >= 15 is 0 Å². The number of hydrogen-bond donors (Lipinski definition) is 2. The Hall–Kier alpha value is -0.170. The summed E-state index contributed by atoms with van der Waals surface area (Å²) in [7, 11) is -3.30. The summed E-state index contributed by atoms with van der Waals surface area (Å²) >= 11 is 0. The lowest BCUT2D eigenvalue weighted by Gasteiger charge is -2.23. The Morgan fingerprint density at radius 1 is 1.33 bits per heavy atom. The molecule has 1 saturated heterocycles. The summed E-state index contributed by atoms with van der Waals surface area (Å²) in [5.74, 6) is 0.357. The standard InChI is InChI=1S/C9H21N3O2S/c1-4-12(5-2)15(13,14)11-9-7-10-6-8(9)3/h8-11H,4-7H2,1-3H3. The molecule has 1 aliphatic heterocycles. The van der Waals surface area contributed by atoms with Gasteiger partial charge in [-0.1, -0.05) is 20.8 Å². The Kier molecular flexibility index (Phi) is 4.51. The third kappa shape index (κ3) is 3.14. The molecule has 2 atom stereocenters. The maximum absolute atomic E-state index is 11.9. The van der Waals surface area contributed by atoms with E-state index in [-0.39, 0.29) is 6.04 Å². The average Bonchev–Trinajstić information content (AvgIpc) is 2.52. The summed E-state index contributed by atoms with van der Waals surface area (Å²) in [5.41, 5.74) is 0. The average molecular weight is 235 g/mol. The fourth-order valence-corrected chi connectivity index (χ4v) is 3.32. The molecule has 0 aromatic rings. The Balaban J connectivity index is 2.62. The predicted molar refractivity (Wildman–Crippen MR) is 60.8 cm³/mol. The van der Waals surface area contributed by atoms with Crippen molar-refractivity contribution >= 4 is 10.2 Å². The van der Waals surface area contributed by atoms with Crippen LogP contribution in [0.3, 0.4) is 0 Å². The summed E-state index contributed by atoms with van der Waals surface area (Å²) in [4.78, 5) is 0. The molecule has 0 spiro atoms. The maximum Gasteiger partial charge on any atom is 0.279 e. The highest BCUT2D eigenvalue weighted by Crippen LogP contribution is 2.10. The second kappa shape index (κ2) is 5.25. The molecule has 1 heterocycles. The van der Waals surface area contributed by atoms with E-state index < -0.39 is 10.2 Å². The lowest BCUT2D eigenvalue weighted by atomic mass is 10.1. The number of hydrogen-bond acceptors (Lipinski definition) is 3. The summed E-state index contributed by atoms with van der Waals surface area (Å²) < 4.78 is 27.9. The molecule has 0 amide bonds. The molecule has 2 unspecified atom stereocenters. The topological polar surface area (TPSA) is 61.4 Å². The Morgan fingerprint density at radius 3 is 2.33 bits per heavy atom. The van der Waals surface area contributed by atoms with Gasteiger partial charge in [-0.2, -0.15) is 17.4 Å². The van der Waals surface area contributed by atoms with Gasteiger partial charge in [-0.15, -0.1) is 0 Å². The van der Waals surface area contributed by atoms with Crippen LogP contribution in [-0.4, -0.2) is 44.9 Å². The van der Waals surface area contributed by atoms with Crippen LogP contribution in [0.5, 0.6) is 0 Å². The molecule has 0 aliphatic carbocycles. The zero-order valence-corrected chi connectivity index (χ0v) is 10.5. The molecule has 15 heavy (non-hydrogen) atoms. The van der Waals surface area contributed by atoms with Crippen LogP contribution in [0.1, 0.15) is 20.8 Å². The van der Waals surface area contributed by atoms with Crippen LogP contribution in [0.15, 0.2) is 0 Å². The maximum atomic E-state index is 11.9. The molecule has 0 bridgehead atoms. The quantitative estimate of drug-likeness (QED) is 0.692. The first-order valence-electron chi connectivity index (χ1n) is 5.49. The van der Waals surface area contributed by atoms with Crippen molar-refractivity contribution in [3.8, 4) is 0 Å². The summed E-state index contributed by atoms with van der Waals surface area (Å²) in [6.07, 6.45) is 0. The van der Waals surface area contributed by atoms with Gasteiger partial charge in [0.1, 0.15) is 0 Å². The van der Waals surface area contributed by atoms with Crippen molar-refractivity contribution in [3.05, 3.63) is 0 Å². The summed E-state index contributed by atoms with van der Waals surface area (Å²) in [5, 5.41) is 3.17. The largest absolute Gasteiger partial charge is 0.315 e. The van der Waals surface area contributed by atoms with Crippen molar-refractivity contribution in [2.24, 2.45) is 5.92 Å². The molecular formula is C9H21N3O2S. The molecule has 5 nitrogen and oxygen atoms in total. The predicted octanol–water partition coefficient (Wildman–Crippen LogP) is -0.229. The molecule has 1 aliphatic rings. The van der Waals surface area contributed by atoms with Crippen LogP contribution >= 0.6 is 0 Å². The minimum atomic E-state index is -3.30. The third-order valence-corrected chi connectivity index (χ3v) is 4.66. The molecule has 0 radical (unpaired) electrons. The summed E-state index contributed by atoms with van der Waals surface area (Å²) in [6, 6.07) is 0.0237. The zero-order valence-electron chi connectivity index (χ0n) is 9.66. The van der Waals surface area contributed by atoms with Gasteiger partial charge in [0.25, 0.3) is 10.2 Å². The summed E-state index contributed by atoms with van der Waals surface area (Å²) in [6.45, 7) is 8.38. The molecule has 2 N–H and O–H groups in total. The molecule has 0 saturated carbocycles. The number of rotatable bonds is 5. The lowest BCUT2D eigenvalue weighted by molar-refractivity contribution is 0.416. The van der Waals surface area contributed by atoms with Gasteiger partial charge >= 0.3 is 0 Å². The molecule has 6 heteroatoms. The third-order valence-electron chi connectivity index (χ3n) is 2.86. The molecule has 0 aromatic heterocycles. The van der Waals surface area contributed by atoms with Gasteiger partial charge in [0, 0.05) is 25.7 Å². The Bertz CT molecular complexity index is 288. The van der Waals surface area contributed by atoms with Crippen LogP contribution < -0.4 is 10.0 Å². The molecular weight excluding hydrogens is 214 g/mol. The minimum Gasteiger partial charge on any atom is -0.315 e. The van der Waals surface area contributed by atoms with Crippen molar-refractivity contribution in [3.63, 3.8) is 0 Å². The highest BCUT2D eigenvalue weighted by atomic mass is 32.2.